The standard InChI is InChI=1S/C26H22N4O2/c1-16-14-23(27-25-19(16)11-7-13-22(25)32-3)30-24(15-17(2)29-30)28-26(31)21-12-6-9-18-8-4-5-10-20(18)21/h4-15H,1-3H3,(H,28,31). The maximum atomic E-state index is 13.2. The Morgan fingerprint density at radius 3 is 2.53 bits per heavy atom. The lowest BCUT2D eigenvalue weighted by Gasteiger charge is -2.13. The summed E-state index contributed by atoms with van der Waals surface area (Å²) < 4.78 is 7.17. The zero-order chi connectivity index (χ0) is 22.2. The molecule has 0 unspecified atom stereocenters. The van der Waals surface area contributed by atoms with Crippen LogP contribution in [0, 0.1) is 13.8 Å². The summed E-state index contributed by atoms with van der Waals surface area (Å²) in [4.78, 5) is 18.0. The molecule has 5 aromatic rings. The molecule has 0 aliphatic carbocycles. The Kier molecular flexibility index (Phi) is 4.82. The molecule has 2 aromatic heterocycles. The van der Waals surface area contributed by atoms with E-state index in [2.05, 4.69) is 10.4 Å². The van der Waals surface area contributed by atoms with Gasteiger partial charge in [0.1, 0.15) is 17.1 Å². The second kappa shape index (κ2) is 7.81. The van der Waals surface area contributed by atoms with Gasteiger partial charge in [-0.15, -0.1) is 0 Å². The van der Waals surface area contributed by atoms with Crippen LogP contribution < -0.4 is 10.1 Å². The van der Waals surface area contributed by atoms with Crippen LogP contribution in [-0.2, 0) is 0 Å². The second-order valence-electron chi connectivity index (χ2n) is 7.72. The predicted molar refractivity (Wildman–Crippen MR) is 127 cm³/mol. The number of methoxy groups -OCH3 is 1. The lowest BCUT2D eigenvalue weighted by atomic mass is 10.0. The first-order chi connectivity index (χ1) is 15.5. The van der Waals surface area contributed by atoms with E-state index < -0.39 is 0 Å². The van der Waals surface area contributed by atoms with E-state index in [1.807, 2.05) is 86.6 Å². The van der Waals surface area contributed by atoms with E-state index in [9.17, 15) is 4.79 Å². The molecule has 0 aliphatic rings. The van der Waals surface area contributed by atoms with Crippen molar-refractivity contribution in [1.29, 1.82) is 0 Å². The summed E-state index contributed by atoms with van der Waals surface area (Å²) in [6.07, 6.45) is 0. The first-order valence-electron chi connectivity index (χ1n) is 10.4. The first kappa shape index (κ1) is 19.8. The zero-order valence-electron chi connectivity index (χ0n) is 18.1. The van der Waals surface area contributed by atoms with Crippen LogP contribution >= 0.6 is 0 Å². The van der Waals surface area contributed by atoms with Crippen LogP contribution in [0.4, 0.5) is 5.82 Å². The predicted octanol–water partition coefficient (Wildman–Crippen LogP) is 5.45. The second-order valence-corrected chi connectivity index (χ2v) is 7.72. The minimum atomic E-state index is -0.196. The van der Waals surface area contributed by atoms with E-state index >= 15 is 0 Å². The van der Waals surface area contributed by atoms with E-state index in [-0.39, 0.29) is 5.91 Å². The molecule has 158 valence electrons. The summed E-state index contributed by atoms with van der Waals surface area (Å²) in [6.45, 7) is 3.91. The minimum Gasteiger partial charge on any atom is -0.494 e. The van der Waals surface area contributed by atoms with Crippen molar-refractivity contribution in [2.24, 2.45) is 0 Å². The summed E-state index contributed by atoms with van der Waals surface area (Å²) in [5.74, 6) is 1.66. The molecule has 0 saturated carbocycles. The fourth-order valence-corrected chi connectivity index (χ4v) is 4.02. The van der Waals surface area contributed by atoms with Crippen LogP contribution in [0.15, 0.2) is 72.8 Å². The van der Waals surface area contributed by atoms with E-state index in [4.69, 9.17) is 9.72 Å². The van der Waals surface area contributed by atoms with Gasteiger partial charge in [0, 0.05) is 17.0 Å². The van der Waals surface area contributed by atoms with Gasteiger partial charge in [-0.05, 0) is 48.4 Å². The number of pyridine rings is 1. The molecular formula is C26H22N4O2. The highest BCUT2D eigenvalue weighted by Crippen LogP contribution is 2.29. The van der Waals surface area contributed by atoms with Crippen LogP contribution in [-0.4, -0.2) is 27.8 Å². The summed E-state index contributed by atoms with van der Waals surface area (Å²) in [5, 5.41) is 10.5. The van der Waals surface area contributed by atoms with Gasteiger partial charge in [-0.25, -0.2) is 4.98 Å². The molecule has 0 atom stereocenters. The molecule has 1 amide bonds. The fourth-order valence-electron chi connectivity index (χ4n) is 4.02. The molecule has 6 heteroatoms. The van der Waals surface area contributed by atoms with Gasteiger partial charge < -0.3 is 10.1 Å². The number of benzene rings is 3. The molecule has 6 nitrogen and oxygen atoms in total. The number of anilines is 1. The number of aryl methyl sites for hydroxylation is 2. The van der Waals surface area contributed by atoms with Crippen LogP contribution in [0.2, 0.25) is 0 Å². The van der Waals surface area contributed by atoms with Crippen molar-refractivity contribution in [3.05, 3.63) is 89.6 Å². The Hall–Kier alpha value is -4.19. The van der Waals surface area contributed by atoms with Crippen LogP contribution in [0.1, 0.15) is 21.6 Å². The van der Waals surface area contributed by atoms with E-state index in [1.54, 1.807) is 11.8 Å². The maximum Gasteiger partial charge on any atom is 0.257 e. The molecule has 0 saturated heterocycles. The smallest absolute Gasteiger partial charge is 0.257 e. The number of ether oxygens (including phenoxy) is 1. The molecule has 5 rings (SSSR count). The molecule has 0 spiro atoms. The van der Waals surface area contributed by atoms with E-state index in [0.717, 1.165) is 32.9 Å². The van der Waals surface area contributed by atoms with Gasteiger partial charge in [0.25, 0.3) is 5.91 Å². The first-order valence-corrected chi connectivity index (χ1v) is 10.4. The lowest BCUT2D eigenvalue weighted by Crippen LogP contribution is -2.16. The number of nitrogens with one attached hydrogen (secondary N) is 1. The van der Waals surface area contributed by atoms with Crippen LogP contribution in [0.25, 0.3) is 27.5 Å². The number of carbonyl (C=O) groups is 1. The number of carbonyl (C=O) groups excluding carboxylic acids is 1. The largest absolute Gasteiger partial charge is 0.494 e. The number of nitrogens with zero attached hydrogens (tertiary/aromatic N) is 3. The topological polar surface area (TPSA) is 69.0 Å². The molecule has 0 radical (unpaired) electrons. The van der Waals surface area contributed by atoms with E-state index in [1.165, 1.54) is 0 Å². The summed E-state index contributed by atoms with van der Waals surface area (Å²) in [7, 11) is 1.63. The molecule has 32 heavy (non-hydrogen) atoms. The third kappa shape index (κ3) is 3.36. The average Bonchev–Trinajstić information content (AvgIpc) is 3.18. The number of rotatable bonds is 4. The SMILES string of the molecule is COc1cccc2c(C)cc(-n3nc(C)cc3NC(=O)c3cccc4ccccc34)nc12. The highest BCUT2D eigenvalue weighted by molar-refractivity contribution is 6.12. The lowest BCUT2D eigenvalue weighted by molar-refractivity contribution is 0.102. The Bertz CT molecular complexity index is 1480. The van der Waals surface area contributed by atoms with Crippen molar-refractivity contribution in [1.82, 2.24) is 14.8 Å². The van der Waals surface area contributed by atoms with Gasteiger partial charge in [0.05, 0.1) is 12.8 Å². The molecule has 2 heterocycles. The van der Waals surface area contributed by atoms with Crippen LogP contribution in [0.5, 0.6) is 5.75 Å². The Morgan fingerprint density at radius 1 is 0.938 bits per heavy atom. The number of aromatic nitrogens is 3. The molecule has 0 bridgehead atoms. The van der Waals surface area contributed by atoms with Gasteiger partial charge in [-0.3, -0.25) is 4.79 Å². The summed E-state index contributed by atoms with van der Waals surface area (Å²) >= 11 is 0. The number of hydrogen-bond donors (Lipinski definition) is 1. The summed E-state index contributed by atoms with van der Waals surface area (Å²) in [5.41, 5.74) is 3.18. The molecule has 3 aromatic carbocycles. The van der Waals surface area contributed by atoms with Gasteiger partial charge in [-0.2, -0.15) is 9.78 Å². The van der Waals surface area contributed by atoms with E-state index in [0.29, 0.717) is 22.9 Å². The Labute approximate surface area is 185 Å². The van der Waals surface area contributed by atoms with Gasteiger partial charge in [-0.1, -0.05) is 48.5 Å². The number of fused-ring (bicyclic) bond motifs is 2. The third-order valence-electron chi connectivity index (χ3n) is 5.54. The van der Waals surface area contributed by atoms with Crippen molar-refractivity contribution in [2.45, 2.75) is 13.8 Å². The summed E-state index contributed by atoms with van der Waals surface area (Å²) in [6, 6.07) is 23.2. The quantitative estimate of drug-likeness (QED) is 0.418. The van der Waals surface area contributed by atoms with Crippen molar-refractivity contribution >= 4 is 33.4 Å². The monoisotopic (exact) mass is 422 g/mol. The number of amides is 1. The average molecular weight is 422 g/mol. The van der Waals surface area contributed by atoms with Gasteiger partial charge >= 0.3 is 0 Å². The molecular weight excluding hydrogens is 400 g/mol. The number of para-hydroxylation sites is 1. The zero-order valence-corrected chi connectivity index (χ0v) is 18.1. The van der Waals surface area contributed by atoms with Gasteiger partial charge in [0.2, 0.25) is 0 Å². The van der Waals surface area contributed by atoms with Crippen LogP contribution in [0.3, 0.4) is 0 Å². The number of hydrogen-bond acceptors (Lipinski definition) is 4. The highest BCUT2D eigenvalue weighted by Gasteiger charge is 2.17. The highest BCUT2D eigenvalue weighted by atomic mass is 16.5. The Balaban J connectivity index is 1.58. The molecule has 0 aliphatic heterocycles. The third-order valence-corrected chi connectivity index (χ3v) is 5.54. The Morgan fingerprint density at radius 2 is 1.69 bits per heavy atom. The molecule has 0 fully saturated rings. The van der Waals surface area contributed by atoms with Crippen molar-refractivity contribution < 1.29 is 9.53 Å². The minimum absolute atomic E-state index is 0.196. The normalized spacial score (nSPS) is 11.1. The fraction of sp³-hybridized carbons (Fsp3) is 0.115. The van der Waals surface area contributed by atoms with Crippen molar-refractivity contribution in [3.63, 3.8) is 0 Å². The van der Waals surface area contributed by atoms with Gasteiger partial charge in [0.15, 0.2) is 5.82 Å². The molecule has 1 N–H and O–H groups in total. The van der Waals surface area contributed by atoms with Crippen molar-refractivity contribution in [2.75, 3.05) is 12.4 Å². The maximum absolute atomic E-state index is 13.2. The van der Waals surface area contributed by atoms with Crippen molar-refractivity contribution in [3.8, 4) is 11.6 Å².